The van der Waals surface area contributed by atoms with Crippen LogP contribution in [-0.2, 0) is 4.74 Å². The van der Waals surface area contributed by atoms with Gasteiger partial charge in [-0.1, -0.05) is 60.7 Å². The molecule has 4 rings (SSSR count). The van der Waals surface area contributed by atoms with Crippen LogP contribution >= 0.6 is 0 Å². The summed E-state index contributed by atoms with van der Waals surface area (Å²) in [4.78, 5) is 53.7. The van der Waals surface area contributed by atoms with Crippen LogP contribution in [0.25, 0.3) is 0 Å². The van der Waals surface area contributed by atoms with Crippen LogP contribution in [0, 0.1) is 0 Å². The van der Waals surface area contributed by atoms with Crippen LogP contribution in [-0.4, -0.2) is 47.9 Å². The van der Waals surface area contributed by atoms with Gasteiger partial charge in [0.2, 0.25) is 11.5 Å². The second-order valence-electron chi connectivity index (χ2n) is 8.12. The quantitative estimate of drug-likeness (QED) is 0.146. The average molecular weight is 526 g/mol. The van der Waals surface area contributed by atoms with E-state index in [1.807, 2.05) is 0 Å². The van der Waals surface area contributed by atoms with Crippen molar-refractivity contribution in [2.75, 3.05) is 14.2 Å². The number of aromatic hydroxyl groups is 2. The second-order valence-corrected chi connectivity index (χ2v) is 8.12. The number of hydrogen-bond acceptors (Lipinski definition) is 9. The van der Waals surface area contributed by atoms with Crippen molar-refractivity contribution in [3.63, 3.8) is 0 Å². The van der Waals surface area contributed by atoms with Gasteiger partial charge in [-0.25, -0.2) is 9.59 Å². The molecule has 196 valence electrons. The van der Waals surface area contributed by atoms with E-state index in [-0.39, 0.29) is 22.4 Å². The van der Waals surface area contributed by atoms with Crippen molar-refractivity contribution in [2.24, 2.45) is 0 Å². The van der Waals surface area contributed by atoms with Crippen LogP contribution in [0.2, 0.25) is 0 Å². The lowest BCUT2D eigenvalue weighted by Gasteiger charge is -2.20. The monoisotopic (exact) mass is 526 g/mol. The average Bonchev–Trinajstić information content (AvgIpc) is 2.99. The first-order valence-electron chi connectivity index (χ1n) is 11.5. The van der Waals surface area contributed by atoms with Crippen LogP contribution in [0.1, 0.15) is 52.6 Å². The molecule has 0 aromatic heterocycles. The van der Waals surface area contributed by atoms with Gasteiger partial charge < -0.3 is 24.4 Å². The van der Waals surface area contributed by atoms with Crippen LogP contribution < -0.4 is 9.47 Å². The predicted molar refractivity (Wildman–Crippen MR) is 139 cm³/mol. The molecule has 0 unspecified atom stereocenters. The van der Waals surface area contributed by atoms with Crippen molar-refractivity contribution >= 4 is 23.5 Å². The van der Waals surface area contributed by atoms with Crippen LogP contribution in [0.4, 0.5) is 0 Å². The first-order valence-corrected chi connectivity index (χ1v) is 11.5. The maximum absolute atomic E-state index is 14.0. The van der Waals surface area contributed by atoms with Crippen LogP contribution in [0.5, 0.6) is 23.0 Å². The lowest BCUT2D eigenvalue weighted by atomic mass is 9.88. The Morgan fingerprint density at radius 2 is 1.15 bits per heavy atom. The zero-order chi connectivity index (χ0) is 28.1. The second kappa shape index (κ2) is 11.3. The van der Waals surface area contributed by atoms with Gasteiger partial charge in [-0.05, 0) is 24.3 Å². The number of para-hydroxylation sites is 1. The molecule has 0 saturated heterocycles. The Kier molecular flexibility index (Phi) is 7.72. The van der Waals surface area contributed by atoms with Crippen molar-refractivity contribution < 1.29 is 43.6 Å². The molecule has 0 radical (unpaired) electrons. The summed E-state index contributed by atoms with van der Waals surface area (Å²) in [5, 5.41) is 22.0. The number of esters is 2. The van der Waals surface area contributed by atoms with E-state index in [9.17, 15) is 29.4 Å². The highest BCUT2D eigenvalue weighted by atomic mass is 16.5. The third kappa shape index (κ3) is 5.05. The highest BCUT2D eigenvalue weighted by molar-refractivity contribution is 6.24. The number of benzene rings is 4. The SMILES string of the molecule is COC(=O)c1c(C(=O)c2ccccc2)c(O)c(O)c(OC(=O)c2ccccc2)c1C(=O)c1ccccc1OC. The topological polar surface area (TPSA) is 136 Å². The van der Waals surface area contributed by atoms with Gasteiger partial charge in [0.15, 0.2) is 17.3 Å². The number of ketones is 2. The number of rotatable bonds is 8. The molecule has 0 bridgehead atoms. The van der Waals surface area contributed by atoms with E-state index in [2.05, 4.69) is 0 Å². The molecule has 0 aliphatic heterocycles. The van der Waals surface area contributed by atoms with Gasteiger partial charge in [0.1, 0.15) is 5.75 Å². The summed E-state index contributed by atoms with van der Waals surface area (Å²) < 4.78 is 15.6. The van der Waals surface area contributed by atoms with Gasteiger partial charge in [-0.3, -0.25) is 9.59 Å². The predicted octanol–water partition coefficient (Wildman–Crippen LogP) is 4.57. The molecule has 0 saturated carbocycles. The summed E-state index contributed by atoms with van der Waals surface area (Å²) in [6.07, 6.45) is 0. The van der Waals surface area contributed by atoms with Crippen LogP contribution in [0.3, 0.4) is 0 Å². The summed E-state index contributed by atoms with van der Waals surface area (Å²) in [6, 6.07) is 21.2. The Hall–Kier alpha value is -5.44. The fraction of sp³-hybridized carbons (Fsp3) is 0.0667. The number of ether oxygens (including phenoxy) is 3. The van der Waals surface area contributed by atoms with E-state index in [4.69, 9.17) is 14.2 Å². The zero-order valence-electron chi connectivity index (χ0n) is 20.8. The van der Waals surface area contributed by atoms with Gasteiger partial charge in [0.05, 0.1) is 42.0 Å². The van der Waals surface area contributed by atoms with Gasteiger partial charge in [-0.2, -0.15) is 0 Å². The third-order valence-corrected chi connectivity index (χ3v) is 5.84. The number of methoxy groups -OCH3 is 2. The number of hydrogen-bond donors (Lipinski definition) is 2. The van der Waals surface area contributed by atoms with Crippen molar-refractivity contribution in [2.45, 2.75) is 0 Å². The van der Waals surface area contributed by atoms with Crippen molar-refractivity contribution in [1.29, 1.82) is 0 Å². The van der Waals surface area contributed by atoms with Crippen LogP contribution in [0.15, 0.2) is 84.9 Å². The summed E-state index contributed by atoms with van der Waals surface area (Å²) in [5.74, 6) is -6.93. The van der Waals surface area contributed by atoms with Gasteiger partial charge >= 0.3 is 11.9 Å². The molecule has 4 aromatic rings. The maximum Gasteiger partial charge on any atom is 0.343 e. The fourth-order valence-corrected chi connectivity index (χ4v) is 3.97. The maximum atomic E-state index is 14.0. The van der Waals surface area contributed by atoms with Gasteiger partial charge in [0, 0.05) is 5.56 Å². The zero-order valence-corrected chi connectivity index (χ0v) is 20.8. The normalized spacial score (nSPS) is 10.4. The Balaban J connectivity index is 2.07. The van der Waals surface area contributed by atoms with Crippen molar-refractivity contribution in [3.05, 3.63) is 118 Å². The summed E-state index contributed by atoms with van der Waals surface area (Å²) in [6.45, 7) is 0. The van der Waals surface area contributed by atoms with Gasteiger partial charge in [-0.15, -0.1) is 0 Å². The smallest absolute Gasteiger partial charge is 0.343 e. The summed E-state index contributed by atoms with van der Waals surface area (Å²) in [5.41, 5.74) is -2.06. The van der Waals surface area contributed by atoms with Gasteiger partial charge in [0.25, 0.3) is 0 Å². The molecular formula is C30H22O9. The van der Waals surface area contributed by atoms with E-state index in [0.29, 0.717) is 0 Å². The molecule has 9 heteroatoms. The lowest BCUT2D eigenvalue weighted by Crippen LogP contribution is -2.21. The molecule has 2 N–H and O–H groups in total. The largest absolute Gasteiger partial charge is 0.504 e. The molecule has 4 aromatic carbocycles. The fourth-order valence-electron chi connectivity index (χ4n) is 3.97. The Labute approximate surface area is 222 Å². The molecule has 0 amide bonds. The molecule has 0 aliphatic carbocycles. The molecular weight excluding hydrogens is 504 g/mol. The van der Waals surface area contributed by atoms with E-state index in [1.54, 1.807) is 42.5 Å². The van der Waals surface area contributed by atoms with Crippen molar-refractivity contribution in [3.8, 4) is 23.0 Å². The standard InChI is InChI=1S/C30H22O9/c1-37-20-16-10-9-15-19(20)25(32)23-21(30(36)38-2)22(24(31)17-11-5-3-6-12-17)26(33)27(34)28(23)39-29(35)18-13-7-4-8-14-18/h3-16,33-34H,1-2H3. The molecule has 0 aliphatic rings. The molecule has 9 nitrogen and oxygen atoms in total. The van der Waals surface area contributed by atoms with E-state index in [0.717, 1.165) is 7.11 Å². The first kappa shape index (κ1) is 26.6. The number of carbonyl (C=O) groups is 4. The Bertz CT molecular complexity index is 1580. The molecule has 0 fully saturated rings. The van der Waals surface area contributed by atoms with E-state index < -0.39 is 57.4 Å². The molecule has 0 heterocycles. The Morgan fingerprint density at radius 1 is 0.590 bits per heavy atom. The van der Waals surface area contributed by atoms with Crippen molar-refractivity contribution in [1.82, 2.24) is 0 Å². The molecule has 0 spiro atoms. The van der Waals surface area contributed by atoms with E-state index >= 15 is 0 Å². The number of phenolic OH excluding ortho intramolecular Hbond substituents is 2. The lowest BCUT2D eigenvalue weighted by molar-refractivity contribution is 0.0589. The Morgan fingerprint density at radius 3 is 1.74 bits per heavy atom. The summed E-state index contributed by atoms with van der Waals surface area (Å²) in [7, 11) is 2.33. The number of carbonyl (C=O) groups excluding carboxylic acids is 4. The van der Waals surface area contributed by atoms with E-state index in [1.165, 1.54) is 49.6 Å². The highest BCUT2D eigenvalue weighted by Gasteiger charge is 2.37. The highest BCUT2D eigenvalue weighted by Crippen LogP contribution is 2.46. The summed E-state index contributed by atoms with van der Waals surface area (Å²) >= 11 is 0. The first-order chi connectivity index (χ1) is 18.8. The minimum Gasteiger partial charge on any atom is -0.504 e. The minimum absolute atomic E-state index is 0.0436. The minimum atomic E-state index is -1.19. The number of phenols is 2. The molecule has 39 heavy (non-hydrogen) atoms. The molecule has 0 atom stereocenters. The third-order valence-electron chi connectivity index (χ3n) is 5.84.